The Morgan fingerprint density at radius 2 is 2.11 bits per heavy atom. The third-order valence-electron chi connectivity index (χ3n) is 6.04. The fraction of sp³-hybridized carbons (Fsp3) is 0.320. The van der Waals surface area contributed by atoms with Gasteiger partial charge in [-0.15, -0.1) is 11.3 Å². The van der Waals surface area contributed by atoms with E-state index in [1.54, 1.807) is 33.9 Å². The predicted molar refractivity (Wildman–Crippen MR) is 133 cm³/mol. The van der Waals surface area contributed by atoms with E-state index < -0.39 is 6.10 Å². The fourth-order valence-electron chi connectivity index (χ4n) is 4.33. The maximum atomic E-state index is 12.9. The normalized spacial score (nSPS) is 15.7. The molecule has 1 fully saturated rings. The first kappa shape index (κ1) is 23.3. The van der Waals surface area contributed by atoms with Crippen molar-refractivity contribution in [1.82, 2.24) is 19.8 Å². The van der Waals surface area contributed by atoms with E-state index in [4.69, 9.17) is 9.84 Å². The molecule has 1 saturated heterocycles. The van der Waals surface area contributed by atoms with Gasteiger partial charge < -0.3 is 25.2 Å². The number of hydrogen-bond acceptors (Lipinski definition) is 7. The van der Waals surface area contributed by atoms with Crippen molar-refractivity contribution in [2.24, 2.45) is 0 Å². The van der Waals surface area contributed by atoms with Crippen molar-refractivity contribution in [1.29, 1.82) is 0 Å². The maximum absolute atomic E-state index is 12.9. The molecule has 0 radical (unpaired) electrons. The number of rotatable bonds is 6. The van der Waals surface area contributed by atoms with Crippen molar-refractivity contribution in [2.75, 3.05) is 26.2 Å². The summed E-state index contributed by atoms with van der Waals surface area (Å²) in [5, 5.41) is 22.4. The highest BCUT2D eigenvalue weighted by molar-refractivity contribution is 7.21. The van der Waals surface area contributed by atoms with Crippen molar-refractivity contribution >= 4 is 44.4 Å². The van der Waals surface area contributed by atoms with Crippen LogP contribution in [-0.4, -0.2) is 68.9 Å². The number of benzene rings is 1. The van der Waals surface area contributed by atoms with Crippen LogP contribution in [0.3, 0.4) is 0 Å². The minimum atomic E-state index is -0.467. The van der Waals surface area contributed by atoms with Gasteiger partial charge in [0.25, 0.3) is 5.91 Å². The molecule has 9 nitrogen and oxygen atoms in total. The Balaban J connectivity index is 1.40. The van der Waals surface area contributed by atoms with Crippen LogP contribution in [0.4, 0.5) is 4.79 Å². The molecule has 3 N–H and O–H groups in total. The number of carbonyl (C=O) groups excluding carboxylic acids is 2. The molecule has 0 saturated carbocycles. The Kier molecular flexibility index (Phi) is 6.42. The molecule has 182 valence electrons. The predicted octanol–water partition coefficient (Wildman–Crippen LogP) is 3.50. The molecule has 2 amide bonds. The van der Waals surface area contributed by atoms with E-state index in [-0.39, 0.29) is 18.5 Å². The first-order valence-electron chi connectivity index (χ1n) is 11.5. The largest absolute Gasteiger partial charge is 0.456 e. The van der Waals surface area contributed by atoms with Gasteiger partial charge in [0, 0.05) is 49.6 Å². The second-order valence-corrected chi connectivity index (χ2v) is 9.63. The van der Waals surface area contributed by atoms with E-state index in [9.17, 15) is 14.7 Å². The lowest BCUT2D eigenvalue weighted by Crippen LogP contribution is -2.30. The van der Waals surface area contributed by atoms with E-state index in [2.05, 4.69) is 10.3 Å². The first-order chi connectivity index (χ1) is 16.9. The van der Waals surface area contributed by atoms with Crippen LogP contribution in [0.1, 0.15) is 28.2 Å². The van der Waals surface area contributed by atoms with E-state index in [0.29, 0.717) is 54.4 Å². The third kappa shape index (κ3) is 4.60. The zero-order valence-electron chi connectivity index (χ0n) is 19.2. The van der Waals surface area contributed by atoms with Gasteiger partial charge in [0.2, 0.25) is 0 Å². The summed E-state index contributed by atoms with van der Waals surface area (Å²) >= 11 is 1.33. The van der Waals surface area contributed by atoms with E-state index >= 15 is 0 Å². The van der Waals surface area contributed by atoms with Gasteiger partial charge in [-0.25, -0.2) is 4.79 Å². The van der Waals surface area contributed by atoms with Crippen LogP contribution in [0.2, 0.25) is 0 Å². The molecule has 1 unspecified atom stereocenters. The zero-order chi connectivity index (χ0) is 24.5. The SMILES string of the molecule is Cc1cc2cc(Oc3ccnc4cc(C(=O)N5CCC(O)C5)sc34)ccc2n1C(=O)NCCCO. The fourth-order valence-corrected chi connectivity index (χ4v) is 5.36. The molecule has 3 aromatic heterocycles. The highest BCUT2D eigenvalue weighted by Gasteiger charge is 2.27. The highest BCUT2D eigenvalue weighted by atomic mass is 32.1. The van der Waals surface area contributed by atoms with Crippen molar-refractivity contribution in [2.45, 2.75) is 25.9 Å². The van der Waals surface area contributed by atoms with Gasteiger partial charge >= 0.3 is 6.03 Å². The molecule has 4 aromatic rings. The van der Waals surface area contributed by atoms with Crippen molar-refractivity contribution in [3.8, 4) is 11.5 Å². The summed E-state index contributed by atoms with van der Waals surface area (Å²) in [4.78, 5) is 32.1. The quantitative estimate of drug-likeness (QED) is 0.353. The van der Waals surface area contributed by atoms with Gasteiger partial charge in [-0.05, 0) is 50.1 Å². The number of ether oxygens (including phenoxy) is 1. The summed E-state index contributed by atoms with van der Waals surface area (Å²) < 4.78 is 8.57. The van der Waals surface area contributed by atoms with E-state index in [1.165, 1.54) is 11.3 Å². The van der Waals surface area contributed by atoms with Crippen LogP contribution in [-0.2, 0) is 0 Å². The molecule has 10 heteroatoms. The summed E-state index contributed by atoms with van der Waals surface area (Å²) in [6, 6.07) is 10.7. The number of aliphatic hydroxyl groups excluding tert-OH is 2. The molecule has 1 aliphatic heterocycles. The number of fused-ring (bicyclic) bond motifs is 2. The number of thiophene rings is 1. The van der Waals surface area contributed by atoms with Crippen molar-refractivity contribution in [3.05, 3.63) is 53.2 Å². The van der Waals surface area contributed by atoms with Crippen molar-refractivity contribution < 1.29 is 24.5 Å². The third-order valence-corrected chi connectivity index (χ3v) is 7.16. The second-order valence-electron chi connectivity index (χ2n) is 8.58. The Bertz CT molecular complexity index is 1410. The minimum Gasteiger partial charge on any atom is -0.456 e. The molecule has 1 aromatic carbocycles. The van der Waals surface area contributed by atoms with Crippen LogP contribution in [0, 0.1) is 6.92 Å². The number of amides is 2. The standard InChI is InChI=1S/C25H26N4O5S/c1-15-11-16-12-18(3-4-20(16)29(15)25(33)27-7-2-10-30)34-21-5-8-26-19-13-22(35-23(19)21)24(32)28-9-6-17(31)14-28/h3-5,8,11-13,17,30-31H,2,6-7,9-10,14H2,1H3,(H,27,33). The molecule has 1 atom stereocenters. The number of carbonyl (C=O) groups is 2. The number of aromatic nitrogens is 2. The molecular weight excluding hydrogens is 468 g/mol. The topological polar surface area (TPSA) is 117 Å². The van der Waals surface area contributed by atoms with Crippen LogP contribution in [0.25, 0.3) is 21.1 Å². The first-order valence-corrected chi connectivity index (χ1v) is 12.3. The summed E-state index contributed by atoms with van der Waals surface area (Å²) in [5.41, 5.74) is 2.23. The zero-order valence-corrected chi connectivity index (χ0v) is 20.0. The van der Waals surface area contributed by atoms with Crippen molar-refractivity contribution in [3.63, 3.8) is 0 Å². The van der Waals surface area contributed by atoms with Crippen LogP contribution in [0.15, 0.2) is 42.6 Å². The summed E-state index contributed by atoms with van der Waals surface area (Å²) in [7, 11) is 0. The molecular formula is C25H26N4O5S. The number of likely N-dealkylation sites (tertiary alicyclic amines) is 1. The maximum Gasteiger partial charge on any atom is 0.326 e. The Hall–Kier alpha value is -3.47. The summed E-state index contributed by atoms with van der Waals surface area (Å²) in [6.45, 7) is 3.18. The Labute approximate surface area is 205 Å². The molecule has 4 heterocycles. The van der Waals surface area contributed by atoms with Crippen LogP contribution in [0.5, 0.6) is 11.5 Å². The van der Waals surface area contributed by atoms with Gasteiger partial charge in [0.1, 0.15) is 11.5 Å². The molecule has 35 heavy (non-hydrogen) atoms. The number of pyridine rings is 1. The lowest BCUT2D eigenvalue weighted by Gasteiger charge is -2.13. The average molecular weight is 495 g/mol. The van der Waals surface area contributed by atoms with Gasteiger partial charge in [-0.3, -0.25) is 14.3 Å². The van der Waals surface area contributed by atoms with Gasteiger partial charge in [0.15, 0.2) is 0 Å². The van der Waals surface area contributed by atoms with E-state index in [1.807, 2.05) is 25.1 Å². The smallest absolute Gasteiger partial charge is 0.326 e. The lowest BCUT2D eigenvalue weighted by atomic mass is 10.2. The number of hydrogen-bond donors (Lipinski definition) is 3. The highest BCUT2D eigenvalue weighted by Crippen LogP contribution is 2.36. The lowest BCUT2D eigenvalue weighted by molar-refractivity contribution is 0.0769. The van der Waals surface area contributed by atoms with Crippen LogP contribution >= 0.6 is 11.3 Å². The minimum absolute atomic E-state index is 0.0237. The van der Waals surface area contributed by atoms with Crippen LogP contribution < -0.4 is 10.1 Å². The number of nitrogens with one attached hydrogen (secondary N) is 1. The molecule has 0 spiro atoms. The number of aryl methyl sites for hydroxylation is 1. The summed E-state index contributed by atoms with van der Waals surface area (Å²) in [6.07, 6.45) is 2.27. The Morgan fingerprint density at radius 3 is 2.89 bits per heavy atom. The number of nitrogens with zero attached hydrogens (tertiary/aromatic N) is 3. The Morgan fingerprint density at radius 1 is 1.26 bits per heavy atom. The molecule has 0 aliphatic carbocycles. The molecule has 5 rings (SSSR count). The monoisotopic (exact) mass is 494 g/mol. The average Bonchev–Trinajstić information content (AvgIpc) is 3.55. The number of β-amino-alcohol motifs (C(OH)–C–C–N with tert-alkyl or cyclic N) is 1. The molecule has 0 bridgehead atoms. The van der Waals surface area contributed by atoms with E-state index in [0.717, 1.165) is 21.3 Å². The summed E-state index contributed by atoms with van der Waals surface area (Å²) in [5.74, 6) is 1.09. The van der Waals surface area contributed by atoms with Gasteiger partial charge in [-0.1, -0.05) is 0 Å². The van der Waals surface area contributed by atoms with Gasteiger partial charge in [0.05, 0.1) is 26.7 Å². The number of aliphatic hydroxyl groups is 2. The second kappa shape index (κ2) is 9.65. The van der Waals surface area contributed by atoms with Gasteiger partial charge in [-0.2, -0.15) is 0 Å². The molecule has 1 aliphatic rings.